The number of rotatable bonds is 6. The van der Waals surface area contributed by atoms with E-state index in [1.165, 1.54) is 12.1 Å². The maximum Gasteiger partial charge on any atom is 0.416 e. The van der Waals surface area contributed by atoms with E-state index in [0.717, 1.165) is 11.6 Å². The third-order valence-corrected chi connectivity index (χ3v) is 5.40. The molecule has 1 saturated heterocycles. The number of likely N-dealkylation sites (tertiary alicyclic amines) is 1. The number of benzene rings is 2. The number of methoxy groups -OCH3 is 2. The molecule has 5 nitrogen and oxygen atoms in total. The van der Waals surface area contributed by atoms with Crippen molar-refractivity contribution in [1.82, 2.24) is 10.2 Å². The van der Waals surface area contributed by atoms with E-state index < -0.39 is 11.7 Å². The lowest BCUT2D eigenvalue weighted by Gasteiger charge is -2.20. The Balaban J connectivity index is 1.65. The quantitative estimate of drug-likeness (QED) is 0.764. The van der Waals surface area contributed by atoms with Gasteiger partial charge in [-0.1, -0.05) is 12.1 Å². The highest BCUT2D eigenvalue weighted by atomic mass is 19.4. The fourth-order valence-corrected chi connectivity index (χ4v) is 3.80. The van der Waals surface area contributed by atoms with Gasteiger partial charge in [0.1, 0.15) is 11.5 Å². The lowest BCUT2D eigenvalue weighted by atomic mass is 9.97. The maximum atomic E-state index is 13.0. The molecule has 1 N–H and O–H groups in total. The van der Waals surface area contributed by atoms with E-state index in [1.54, 1.807) is 26.4 Å². The van der Waals surface area contributed by atoms with Gasteiger partial charge in [-0.15, -0.1) is 0 Å². The summed E-state index contributed by atoms with van der Waals surface area (Å²) in [7, 11) is 4.93. The molecule has 2 aromatic rings. The number of halogens is 3. The molecule has 30 heavy (non-hydrogen) atoms. The SMILES string of the molecule is COc1cc(CNC(=O)[C@@H]2C[C@@H](c3cccc(C(F)(F)F)c3)N(C)C2)cc(OC)c1. The highest BCUT2D eigenvalue weighted by Crippen LogP contribution is 2.37. The molecule has 0 radical (unpaired) electrons. The van der Waals surface area contributed by atoms with Gasteiger partial charge in [0, 0.05) is 25.2 Å². The predicted molar refractivity (Wildman–Crippen MR) is 106 cm³/mol. The third-order valence-electron chi connectivity index (χ3n) is 5.40. The summed E-state index contributed by atoms with van der Waals surface area (Å²) in [5.41, 5.74) is 0.730. The van der Waals surface area contributed by atoms with Crippen LogP contribution in [0.4, 0.5) is 13.2 Å². The Hall–Kier alpha value is -2.74. The zero-order valence-electron chi connectivity index (χ0n) is 17.1. The molecule has 2 aromatic carbocycles. The predicted octanol–water partition coefficient (Wildman–Crippen LogP) is 4.03. The smallest absolute Gasteiger partial charge is 0.416 e. The second-order valence-electron chi connectivity index (χ2n) is 7.45. The monoisotopic (exact) mass is 422 g/mol. The van der Waals surface area contributed by atoms with Gasteiger partial charge in [0.15, 0.2) is 0 Å². The van der Waals surface area contributed by atoms with Crippen molar-refractivity contribution in [2.24, 2.45) is 5.92 Å². The summed E-state index contributed by atoms with van der Waals surface area (Å²) in [4.78, 5) is 14.6. The molecule has 1 aliphatic heterocycles. The third kappa shape index (κ3) is 5.05. The number of alkyl halides is 3. The summed E-state index contributed by atoms with van der Waals surface area (Å²) in [6.45, 7) is 0.787. The number of nitrogens with one attached hydrogen (secondary N) is 1. The van der Waals surface area contributed by atoms with Gasteiger partial charge >= 0.3 is 6.18 Å². The van der Waals surface area contributed by atoms with Crippen LogP contribution in [0, 0.1) is 5.92 Å². The van der Waals surface area contributed by atoms with Crippen molar-refractivity contribution in [3.63, 3.8) is 0 Å². The van der Waals surface area contributed by atoms with E-state index in [2.05, 4.69) is 5.32 Å². The zero-order chi connectivity index (χ0) is 21.9. The minimum atomic E-state index is -4.39. The lowest BCUT2D eigenvalue weighted by molar-refractivity contribution is -0.137. The fraction of sp³-hybridized carbons (Fsp3) is 0.409. The Morgan fingerprint density at radius 2 is 1.80 bits per heavy atom. The van der Waals surface area contributed by atoms with Gasteiger partial charge in [0.2, 0.25) is 5.91 Å². The summed E-state index contributed by atoms with van der Waals surface area (Å²) in [6, 6.07) is 10.5. The Morgan fingerprint density at radius 3 is 2.40 bits per heavy atom. The Kier molecular flexibility index (Phi) is 6.55. The van der Waals surface area contributed by atoms with E-state index >= 15 is 0 Å². The first-order valence-electron chi connectivity index (χ1n) is 9.58. The van der Waals surface area contributed by atoms with Crippen LogP contribution in [0.1, 0.15) is 29.2 Å². The average molecular weight is 422 g/mol. The van der Waals surface area contributed by atoms with E-state index in [-0.39, 0.29) is 17.9 Å². The lowest BCUT2D eigenvalue weighted by Crippen LogP contribution is -2.31. The van der Waals surface area contributed by atoms with Crippen LogP contribution in [0.15, 0.2) is 42.5 Å². The number of ether oxygens (including phenoxy) is 2. The molecule has 8 heteroatoms. The average Bonchev–Trinajstić information content (AvgIpc) is 3.13. The van der Waals surface area contributed by atoms with E-state index in [0.29, 0.717) is 36.6 Å². The molecule has 1 aliphatic rings. The zero-order valence-corrected chi connectivity index (χ0v) is 17.1. The van der Waals surface area contributed by atoms with Gasteiger partial charge in [0.25, 0.3) is 0 Å². The summed E-state index contributed by atoms with van der Waals surface area (Å²) >= 11 is 0. The van der Waals surface area contributed by atoms with E-state index in [9.17, 15) is 18.0 Å². The van der Waals surface area contributed by atoms with E-state index in [1.807, 2.05) is 24.1 Å². The molecular weight excluding hydrogens is 397 g/mol. The summed E-state index contributed by atoms with van der Waals surface area (Å²) in [6.07, 6.45) is -3.92. The second-order valence-corrected chi connectivity index (χ2v) is 7.45. The first kappa shape index (κ1) is 22.0. The number of hydrogen-bond acceptors (Lipinski definition) is 4. The van der Waals surface area contributed by atoms with Gasteiger partial charge in [-0.2, -0.15) is 13.2 Å². The van der Waals surface area contributed by atoms with Crippen LogP contribution in [-0.2, 0) is 17.5 Å². The van der Waals surface area contributed by atoms with Gasteiger partial charge < -0.3 is 14.8 Å². The first-order valence-corrected chi connectivity index (χ1v) is 9.58. The van der Waals surface area contributed by atoms with Crippen LogP contribution in [0.3, 0.4) is 0 Å². The molecule has 162 valence electrons. The van der Waals surface area contributed by atoms with E-state index in [4.69, 9.17) is 9.47 Å². The van der Waals surface area contributed by atoms with Crippen LogP contribution in [0.25, 0.3) is 0 Å². The maximum absolute atomic E-state index is 13.0. The number of carbonyl (C=O) groups excluding carboxylic acids is 1. The van der Waals surface area contributed by atoms with Crippen molar-refractivity contribution in [2.45, 2.75) is 25.2 Å². The van der Waals surface area contributed by atoms with Crippen LogP contribution in [0.2, 0.25) is 0 Å². The summed E-state index contributed by atoms with van der Waals surface area (Å²) in [5, 5.41) is 2.92. The van der Waals surface area contributed by atoms with Gasteiger partial charge in [0.05, 0.1) is 25.7 Å². The molecule has 2 atom stereocenters. The van der Waals surface area contributed by atoms with Crippen LogP contribution < -0.4 is 14.8 Å². The molecule has 0 saturated carbocycles. The first-order chi connectivity index (χ1) is 14.2. The molecule has 0 bridgehead atoms. The van der Waals surface area contributed by atoms with Crippen molar-refractivity contribution in [3.05, 3.63) is 59.2 Å². The molecule has 0 aliphatic carbocycles. The normalized spacial score (nSPS) is 19.5. The van der Waals surface area contributed by atoms with Gasteiger partial charge in [-0.3, -0.25) is 9.69 Å². The Labute approximate surface area is 173 Å². The number of carbonyl (C=O) groups is 1. The number of hydrogen-bond donors (Lipinski definition) is 1. The molecule has 1 amide bonds. The largest absolute Gasteiger partial charge is 0.497 e. The number of nitrogens with zero attached hydrogens (tertiary/aromatic N) is 1. The molecular formula is C22H25F3N2O3. The van der Waals surface area contributed by atoms with Crippen LogP contribution >= 0.6 is 0 Å². The second kappa shape index (κ2) is 8.95. The highest BCUT2D eigenvalue weighted by molar-refractivity contribution is 5.79. The standard InChI is InChI=1S/C22H25F3N2O3/c1-27-13-16(10-20(27)15-5-4-6-17(9-15)22(23,24)25)21(28)26-12-14-7-18(29-2)11-19(8-14)30-3/h4-9,11,16,20H,10,12-13H2,1-3H3,(H,26,28)/t16-,20+/m1/s1. The van der Waals surface area contributed by atoms with Crippen molar-refractivity contribution < 1.29 is 27.4 Å². The van der Waals surface area contributed by atoms with Crippen molar-refractivity contribution in [3.8, 4) is 11.5 Å². The van der Waals surface area contributed by atoms with Gasteiger partial charge in [-0.05, 0) is 48.9 Å². The topological polar surface area (TPSA) is 50.8 Å². The number of amides is 1. The van der Waals surface area contributed by atoms with Crippen molar-refractivity contribution in [2.75, 3.05) is 27.8 Å². The Bertz CT molecular complexity index is 879. The molecule has 1 fully saturated rings. The molecule has 3 rings (SSSR count). The summed E-state index contributed by atoms with van der Waals surface area (Å²) in [5.74, 6) is 0.827. The molecule has 1 heterocycles. The van der Waals surface area contributed by atoms with Crippen LogP contribution in [-0.4, -0.2) is 38.6 Å². The molecule has 0 aromatic heterocycles. The highest BCUT2D eigenvalue weighted by Gasteiger charge is 2.36. The van der Waals surface area contributed by atoms with Gasteiger partial charge in [-0.25, -0.2) is 0 Å². The van der Waals surface area contributed by atoms with Crippen LogP contribution in [0.5, 0.6) is 11.5 Å². The fourth-order valence-electron chi connectivity index (χ4n) is 3.80. The molecule has 0 spiro atoms. The Morgan fingerprint density at radius 1 is 1.13 bits per heavy atom. The van der Waals surface area contributed by atoms with Crippen molar-refractivity contribution >= 4 is 5.91 Å². The molecule has 0 unspecified atom stereocenters. The minimum absolute atomic E-state index is 0.127. The van der Waals surface area contributed by atoms with Crippen molar-refractivity contribution in [1.29, 1.82) is 0 Å². The summed E-state index contributed by atoms with van der Waals surface area (Å²) < 4.78 is 49.6. The minimum Gasteiger partial charge on any atom is -0.497 e.